The molecule has 13 heavy (non-hydrogen) atoms. The van der Waals surface area contributed by atoms with E-state index < -0.39 is 0 Å². The Hall–Kier alpha value is -0.790. The van der Waals surface area contributed by atoms with Gasteiger partial charge in [-0.1, -0.05) is 48.0 Å². The largest absolute Gasteiger partial charge is 0.313 e. The van der Waals surface area contributed by atoms with E-state index >= 15 is 0 Å². The van der Waals surface area contributed by atoms with Crippen LogP contribution in [0.25, 0.3) is 0 Å². The second-order valence-electron chi connectivity index (χ2n) is 2.80. The quantitative estimate of drug-likeness (QED) is 0.713. The lowest BCUT2D eigenvalue weighted by Crippen LogP contribution is -2.16. The maximum absolute atomic E-state index is 5.38. The lowest BCUT2D eigenvalue weighted by molar-refractivity contribution is 0.745. The molecule has 1 aromatic rings. The highest BCUT2D eigenvalue weighted by Gasteiger charge is 1.89. The third-order valence-electron chi connectivity index (χ3n) is 1.78. The summed E-state index contributed by atoms with van der Waals surface area (Å²) < 4.78 is 0. The molecule has 1 nitrogen and oxygen atoms in total. The predicted molar refractivity (Wildman–Crippen MR) is 58.0 cm³/mol. The van der Waals surface area contributed by atoms with Crippen LogP contribution in [0.3, 0.4) is 0 Å². The van der Waals surface area contributed by atoms with Crippen molar-refractivity contribution in [1.29, 1.82) is 0 Å². The van der Waals surface area contributed by atoms with Crippen LogP contribution in [0.4, 0.5) is 0 Å². The Labute approximate surface area is 84.4 Å². The maximum atomic E-state index is 5.38. The molecule has 0 aliphatic heterocycles. The monoisotopic (exact) mass is 195 g/mol. The molecule has 0 aromatic heterocycles. The molecule has 0 unspecified atom stereocenters. The third kappa shape index (κ3) is 4.71. The first kappa shape index (κ1) is 10.3. The Bertz CT molecular complexity index is 244. The molecular formula is C11H14ClN. The van der Waals surface area contributed by atoms with E-state index in [1.165, 1.54) is 11.1 Å². The van der Waals surface area contributed by atoms with Crippen LogP contribution in [-0.2, 0) is 6.42 Å². The van der Waals surface area contributed by atoms with Gasteiger partial charge < -0.3 is 5.32 Å². The minimum Gasteiger partial charge on any atom is -0.313 e. The number of hydrogen-bond donors (Lipinski definition) is 1. The Morgan fingerprint density at radius 1 is 1.23 bits per heavy atom. The van der Waals surface area contributed by atoms with Gasteiger partial charge in [-0.05, 0) is 18.5 Å². The number of nitrogens with one attached hydrogen (secondary N) is 1. The number of rotatable bonds is 5. The van der Waals surface area contributed by atoms with Crippen LogP contribution in [0, 0.1) is 0 Å². The summed E-state index contributed by atoms with van der Waals surface area (Å²) in [5.74, 6) is 0. The Morgan fingerprint density at radius 2 is 2.00 bits per heavy atom. The van der Waals surface area contributed by atoms with Gasteiger partial charge in [-0.2, -0.15) is 0 Å². The van der Waals surface area contributed by atoms with Gasteiger partial charge in [-0.25, -0.2) is 0 Å². The maximum Gasteiger partial charge on any atom is 0.0146 e. The van der Waals surface area contributed by atoms with Crippen molar-refractivity contribution in [2.75, 3.05) is 13.1 Å². The molecule has 0 aliphatic carbocycles. The molecule has 0 heterocycles. The normalized spacial score (nSPS) is 10.8. The molecule has 1 rings (SSSR count). The van der Waals surface area contributed by atoms with Gasteiger partial charge in [-0.15, -0.1) is 0 Å². The summed E-state index contributed by atoms with van der Waals surface area (Å²) in [6, 6.07) is 10.4. The van der Waals surface area contributed by atoms with Crippen LogP contribution in [-0.4, -0.2) is 13.1 Å². The van der Waals surface area contributed by atoms with Crippen molar-refractivity contribution >= 4 is 11.6 Å². The number of halogens is 1. The average Bonchev–Trinajstić information content (AvgIpc) is 2.19. The van der Waals surface area contributed by atoms with Crippen LogP contribution in [0.15, 0.2) is 41.9 Å². The van der Waals surface area contributed by atoms with Crippen LogP contribution in [0.5, 0.6) is 0 Å². The first-order chi connectivity index (χ1) is 6.43. The van der Waals surface area contributed by atoms with Gasteiger partial charge in [0.15, 0.2) is 0 Å². The Balaban J connectivity index is 2.13. The predicted octanol–water partition coefficient (Wildman–Crippen LogP) is 2.57. The molecule has 1 N–H and O–H groups in total. The van der Waals surface area contributed by atoms with Crippen molar-refractivity contribution in [3.8, 4) is 0 Å². The molecule has 70 valence electrons. The van der Waals surface area contributed by atoms with E-state index in [1.807, 2.05) is 12.1 Å². The minimum atomic E-state index is 0.844. The van der Waals surface area contributed by atoms with Crippen molar-refractivity contribution in [1.82, 2.24) is 5.32 Å². The van der Waals surface area contributed by atoms with Crippen molar-refractivity contribution in [2.45, 2.75) is 6.42 Å². The molecule has 0 amide bonds. The van der Waals surface area contributed by atoms with Gasteiger partial charge in [0.1, 0.15) is 0 Å². The Kier molecular flexibility index (Phi) is 5.30. The second-order valence-corrected chi connectivity index (χ2v) is 3.05. The molecule has 1 aromatic carbocycles. The highest BCUT2D eigenvalue weighted by atomic mass is 35.5. The van der Waals surface area contributed by atoms with E-state index in [9.17, 15) is 0 Å². The van der Waals surface area contributed by atoms with Gasteiger partial charge in [-0.3, -0.25) is 0 Å². The first-order valence-corrected chi connectivity index (χ1v) is 4.87. The summed E-state index contributed by atoms with van der Waals surface area (Å²) in [4.78, 5) is 0. The van der Waals surface area contributed by atoms with E-state index in [2.05, 4.69) is 29.6 Å². The lowest BCUT2D eigenvalue weighted by Gasteiger charge is -2.01. The highest BCUT2D eigenvalue weighted by molar-refractivity contribution is 6.25. The van der Waals surface area contributed by atoms with Crippen LogP contribution >= 0.6 is 11.6 Å². The average molecular weight is 196 g/mol. The minimum absolute atomic E-state index is 0.844. The summed E-state index contributed by atoms with van der Waals surface area (Å²) >= 11 is 5.38. The van der Waals surface area contributed by atoms with Gasteiger partial charge in [0.25, 0.3) is 0 Å². The lowest BCUT2D eigenvalue weighted by atomic mass is 10.1. The van der Waals surface area contributed by atoms with E-state index in [-0.39, 0.29) is 0 Å². The van der Waals surface area contributed by atoms with Gasteiger partial charge >= 0.3 is 0 Å². The number of hydrogen-bond acceptors (Lipinski definition) is 1. The third-order valence-corrected chi connectivity index (χ3v) is 1.96. The molecule has 0 bridgehead atoms. The van der Waals surface area contributed by atoms with Crippen LogP contribution < -0.4 is 5.32 Å². The van der Waals surface area contributed by atoms with Gasteiger partial charge in [0.2, 0.25) is 0 Å². The fourth-order valence-corrected chi connectivity index (χ4v) is 1.20. The smallest absolute Gasteiger partial charge is 0.0146 e. The first-order valence-electron chi connectivity index (χ1n) is 4.43. The summed E-state index contributed by atoms with van der Waals surface area (Å²) in [5, 5.41) is 3.26. The van der Waals surface area contributed by atoms with Crippen molar-refractivity contribution in [3.05, 3.63) is 47.5 Å². The van der Waals surface area contributed by atoms with E-state index in [0.29, 0.717) is 0 Å². The summed E-state index contributed by atoms with van der Waals surface area (Å²) in [6.45, 7) is 1.83. The molecule has 2 heteroatoms. The zero-order valence-corrected chi connectivity index (χ0v) is 8.30. The molecule has 0 spiro atoms. The molecule has 0 saturated carbocycles. The highest BCUT2D eigenvalue weighted by Crippen LogP contribution is 1.97. The second kappa shape index (κ2) is 6.70. The zero-order valence-electron chi connectivity index (χ0n) is 7.54. The summed E-state index contributed by atoms with van der Waals surface area (Å²) in [6.07, 6.45) is 2.96. The Morgan fingerprint density at radius 3 is 2.69 bits per heavy atom. The molecule has 0 aliphatic rings. The summed E-state index contributed by atoms with van der Waals surface area (Å²) in [5.41, 5.74) is 2.90. The standard InChI is InChI=1S/C11H14ClN/c12-8-4-9-13-10-7-11-5-2-1-3-6-11/h1-6,8,13H,7,9-10H2/b8-4+. The van der Waals surface area contributed by atoms with Crippen molar-refractivity contribution in [2.24, 2.45) is 0 Å². The molecule has 0 fully saturated rings. The van der Waals surface area contributed by atoms with E-state index in [0.717, 1.165) is 19.5 Å². The molecular weight excluding hydrogens is 182 g/mol. The van der Waals surface area contributed by atoms with Gasteiger partial charge in [0.05, 0.1) is 0 Å². The fraction of sp³-hybridized carbons (Fsp3) is 0.273. The van der Waals surface area contributed by atoms with E-state index in [1.54, 1.807) is 0 Å². The topological polar surface area (TPSA) is 12.0 Å². The van der Waals surface area contributed by atoms with Crippen molar-refractivity contribution < 1.29 is 0 Å². The molecule has 0 radical (unpaired) electrons. The molecule has 0 saturated heterocycles. The molecule has 0 atom stereocenters. The van der Waals surface area contributed by atoms with Crippen molar-refractivity contribution in [3.63, 3.8) is 0 Å². The zero-order chi connectivity index (χ0) is 9.36. The number of benzene rings is 1. The fourth-order valence-electron chi connectivity index (χ4n) is 1.11. The SMILES string of the molecule is Cl/C=C/CNCCc1ccccc1. The summed E-state index contributed by atoms with van der Waals surface area (Å²) in [7, 11) is 0. The van der Waals surface area contributed by atoms with E-state index in [4.69, 9.17) is 11.6 Å². The van der Waals surface area contributed by atoms with Crippen LogP contribution in [0.2, 0.25) is 0 Å². The van der Waals surface area contributed by atoms with Gasteiger partial charge in [0, 0.05) is 12.1 Å². The van der Waals surface area contributed by atoms with Crippen LogP contribution in [0.1, 0.15) is 5.56 Å².